The predicted molar refractivity (Wildman–Crippen MR) is 111 cm³/mol. The van der Waals surface area contributed by atoms with E-state index in [2.05, 4.69) is 4.98 Å². The molecule has 0 amide bonds. The van der Waals surface area contributed by atoms with Gasteiger partial charge < -0.3 is 0 Å². The van der Waals surface area contributed by atoms with Crippen molar-refractivity contribution in [2.75, 3.05) is 0 Å². The number of pyridine rings is 1. The SMILES string of the molecule is O=Cc1ccc(-c2ccc(Cl)c(Cl)c2Cl)nc1-c1ccc(Cl)c(Cl)c1Cl. The number of rotatable bonds is 3. The Balaban J connectivity index is 2.25. The summed E-state index contributed by atoms with van der Waals surface area (Å²) < 4.78 is 0. The molecule has 1 aromatic heterocycles. The quantitative estimate of drug-likeness (QED) is 0.288. The maximum Gasteiger partial charge on any atom is 0.152 e. The molecule has 3 aromatic rings. The molecular weight excluding hydrogens is 459 g/mol. The van der Waals surface area contributed by atoms with Gasteiger partial charge in [0, 0.05) is 16.7 Å². The van der Waals surface area contributed by atoms with Crippen molar-refractivity contribution in [3.8, 4) is 22.5 Å². The van der Waals surface area contributed by atoms with Gasteiger partial charge in [0.1, 0.15) is 0 Å². The largest absolute Gasteiger partial charge is 0.298 e. The van der Waals surface area contributed by atoms with Crippen molar-refractivity contribution in [1.82, 2.24) is 4.98 Å². The van der Waals surface area contributed by atoms with Crippen LogP contribution < -0.4 is 0 Å². The molecule has 0 radical (unpaired) electrons. The van der Waals surface area contributed by atoms with E-state index in [0.29, 0.717) is 44.4 Å². The molecule has 0 unspecified atom stereocenters. The Morgan fingerprint density at radius 2 is 1.19 bits per heavy atom. The fourth-order valence-electron chi connectivity index (χ4n) is 2.36. The smallest absolute Gasteiger partial charge is 0.152 e. The zero-order valence-corrected chi connectivity index (χ0v) is 17.2. The van der Waals surface area contributed by atoms with E-state index in [1.807, 2.05) is 0 Å². The molecule has 0 spiro atoms. The highest BCUT2D eigenvalue weighted by atomic mass is 35.5. The lowest BCUT2D eigenvalue weighted by molar-refractivity contribution is 0.112. The molecule has 2 aromatic carbocycles. The summed E-state index contributed by atoms with van der Waals surface area (Å²) in [6, 6.07) is 9.81. The van der Waals surface area contributed by atoms with E-state index in [0.717, 1.165) is 0 Å². The molecule has 0 aliphatic heterocycles. The molecule has 1 heterocycles. The van der Waals surface area contributed by atoms with Crippen LogP contribution in [-0.2, 0) is 0 Å². The molecule has 0 N–H and O–H groups in total. The highest BCUT2D eigenvalue weighted by molar-refractivity contribution is 6.50. The Morgan fingerprint density at radius 3 is 1.77 bits per heavy atom. The molecular formula is C18H7Cl6NO. The predicted octanol–water partition coefficient (Wildman–Crippen LogP) is 8.15. The highest BCUT2D eigenvalue weighted by Gasteiger charge is 2.18. The van der Waals surface area contributed by atoms with E-state index < -0.39 is 0 Å². The molecule has 2 nitrogen and oxygen atoms in total. The van der Waals surface area contributed by atoms with Crippen molar-refractivity contribution >= 4 is 75.9 Å². The second kappa shape index (κ2) is 7.93. The van der Waals surface area contributed by atoms with Gasteiger partial charge in [-0.1, -0.05) is 69.6 Å². The first kappa shape index (κ1) is 19.8. The second-order valence-corrected chi connectivity index (χ2v) is 7.52. The van der Waals surface area contributed by atoms with Crippen LogP contribution in [0.3, 0.4) is 0 Å². The van der Waals surface area contributed by atoms with Gasteiger partial charge in [0.05, 0.1) is 41.5 Å². The van der Waals surface area contributed by atoms with Crippen molar-refractivity contribution in [3.05, 3.63) is 72.1 Å². The van der Waals surface area contributed by atoms with Gasteiger partial charge in [-0.05, 0) is 36.4 Å². The lowest BCUT2D eigenvalue weighted by Crippen LogP contribution is -1.96. The first-order valence-electron chi connectivity index (χ1n) is 7.09. The lowest BCUT2D eigenvalue weighted by atomic mass is 10.0. The number of hydrogen-bond donors (Lipinski definition) is 0. The summed E-state index contributed by atoms with van der Waals surface area (Å²) in [5.74, 6) is 0. The summed E-state index contributed by atoms with van der Waals surface area (Å²) in [7, 11) is 0. The Labute approximate surface area is 179 Å². The lowest BCUT2D eigenvalue weighted by Gasteiger charge is -2.12. The van der Waals surface area contributed by atoms with Crippen molar-refractivity contribution in [2.45, 2.75) is 0 Å². The van der Waals surface area contributed by atoms with Gasteiger partial charge in [0.2, 0.25) is 0 Å². The highest BCUT2D eigenvalue weighted by Crippen LogP contribution is 2.41. The first-order valence-corrected chi connectivity index (χ1v) is 9.36. The van der Waals surface area contributed by atoms with Gasteiger partial charge in [-0.2, -0.15) is 0 Å². The van der Waals surface area contributed by atoms with Crippen LogP contribution in [0.5, 0.6) is 0 Å². The summed E-state index contributed by atoms with van der Waals surface area (Å²) in [4.78, 5) is 16.0. The van der Waals surface area contributed by atoms with Crippen LogP contribution >= 0.6 is 69.6 Å². The Morgan fingerprint density at radius 1 is 0.654 bits per heavy atom. The first-order chi connectivity index (χ1) is 12.3. The van der Waals surface area contributed by atoms with Crippen LogP contribution in [0.15, 0.2) is 36.4 Å². The minimum absolute atomic E-state index is 0.183. The number of benzene rings is 2. The molecule has 3 rings (SSSR count). The van der Waals surface area contributed by atoms with Crippen LogP contribution in [-0.4, -0.2) is 11.3 Å². The monoisotopic (exact) mass is 463 g/mol. The molecule has 0 saturated carbocycles. The Bertz CT molecular complexity index is 1030. The van der Waals surface area contributed by atoms with Crippen molar-refractivity contribution in [1.29, 1.82) is 0 Å². The molecule has 132 valence electrons. The normalized spacial score (nSPS) is 10.8. The fraction of sp³-hybridized carbons (Fsp3) is 0. The minimum atomic E-state index is 0.183. The maximum atomic E-state index is 11.5. The fourth-order valence-corrected chi connectivity index (χ4v) is 3.62. The van der Waals surface area contributed by atoms with Crippen LogP contribution in [0.2, 0.25) is 30.1 Å². The molecule has 0 aliphatic carbocycles. The number of aldehydes is 1. The van der Waals surface area contributed by atoms with Crippen molar-refractivity contribution < 1.29 is 4.79 Å². The number of halogens is 6. The Hall–Kier alpha value is -1.000. The van der Waals surface area contributed by atoms with Gasteiger partial charge in [-0.3, -0.25) is 4.79 Å². The van der Waals surface area contributed by atoms with Crippen LogP contribution in [0.25, 0.3) is 22.5 Å². The molecule has 0 saturated heterocycles. The standard InChI is InChI=1S/C18H7Cl6NO/c19-11-4-2-9(14(21)16(11)23)13-6-1-8(7-26)18(25-13)10-3-5-12(20)17(24)15(10)22/h1-7H. The van der Waals surface area contributed by atoms with Gasteiger partial charge >= 0.3 is 0 Å². The van der Waals surface area contributed by atoms with Crippen LogP contribution in [0.4, 0.5) is 0 Å². The zero-order chi connectivity index (χ0) is 19.0. The molecule has 0 aliphatic rings. The molecule has 26 heavy (non-hydrogen) atoms. The summed E-state index contributed by atoms with van der Waals surface area (Å²) in [6.07, 6.45) is 0.682. The van der Waals surface area contributed by atoms with Gasteiger partial charge in [0.15, 0.2) is 6.29 Å². The van der Waals surface area contributed by atoms with Crippen molar-refractivity contribution in [3.63, 3.8) is 0 Å². The maximum absolute atomic E-state index is 11.5. The molecule has 0 bridgehead atoms. The molecule has 0 atom stereocenters. The average molecular weight is 466 g/mol. The van der Waals surface area contributed by atoms with Crippen LogP contribution in [0.1, 0.15) is 10.4 Å². The van der Waals surface area contributed by atoms with E-state index >= 15 is 0 Å². The van der Waals surface area contributed by atoms with E-state index in [1.54, 1.807) is 36.4 Å². The summed E-state index contributed by atoms with van der Waals surface area (Å²) in [5, 5.41) is 1.50. The van der Waals surface area contributed by atoms with Gasteiger partial charge in [0.25, 0.3) is 0 Å². The third-order valence-corrected chi connectivity index (χ3v) is 6.24. The molecule has 8 heteroatoms. The van der Waals surface area contributed by atoms with E-state index in [4.69, 9.17) is 69.6 Å². The van der Waals surface area contributed by atoms with E-state index in [1.165, 1.54) is 0 Å². The second-order valence-electron chi connectivity index (χ2n) is 5.20. The summed E-state index contributed by atoms with van der Waals surface area (Å²) >= 11 is 36.8. The third kappa shape index (κ3) is 3.55. The average Bonchev–Trinajstić information content (AvgIpc) is 2.64. The summed E-state index contributed by atoms with van der Waals surface area (Å²) in [5.41, 5.74) is 2.22. The topological polar surface area (TPSA) is 30.0 Å². The minimum Gasteiger partial charge on any atom is -0.298 e. The number of aromatic nitrogens is 1. The number of carbonyl (C=O) groups excluding carboxylic acids is 1. The summed E-state index contributed by atoms with van der Waals surface area (Å²) in [6.45, 7) is 0. The van der Waals surface area contributed by atoms with Crippen LogP contribution in [0, 0.1) is 0 Å². The number of carbonyl (C=O) groups is 1. The van der Waals surface area contributed by atoms with Crippen molar-refractivity contribution in [2.24, 2.45) is 0 Å². The number of hydrogen-bond acceptors (Lipinski definition) is 2. The Kier molecular flexibility index (Phi) is 6.03. The molecule has 0 fully saturated rings. The van der Waals surface area contributed by atoms with E-state index in [-0.39, 0.29) is 20.1 Å². The third-order valence-electron chi connectivity index (χ3n) is 3.65. The van der Waals surface area contributed by atoms with Gasteiger partial charge in [-0.25, -0.2) is 4.98 Å². The van der Waals surface area contributed by atoms with Gasteiger partial charge in [-0.15, -0.1) is 0 Å². The number of nitrogens with zero attached hydrogens (tertiary/aromatic N) is 1. The zero-order valence-electron chi connectivity index (χ0n) is 12.7. The van der Waals surface area contributed by atoms with E-state index in [9.17, 15) is 4.79 Å².